The Morgan fingerprint density at radius 1 is 0.750 bits per heavy atom. The van der Waals surface area contributed by atoms with Crippen LogP contribution in [0.2, 0.25) is 18.1 Å². The number of rotatable bonds is 12. The number of piperazine rings is 1. The average molecular weight is 683 g/mol. The molecule has 4 rings (SSSR count). The third-order valence-corrected chi connectivity index (χ3v) is 14.1. The van der Waals surface area contributed by atoms with Crippen LogP contribution >= 0.6 is 0 Å². The summed E-state index contributed by atoms with van der Waals surface area (Å²) in [4.78, 5) is 32.3. The minimum absolute atomic E-state index is 0.127. The topological polar surface area (TPSA) is 105 Å². The maximum atomic E-state index is 14.4. The third kappa shape index (κ3) is 7.35. The predicted octanol–water partition coefficient (Wildman–Crippen LogP) is 6.12. The van der Waals surface area contributed by atoms with Crippen molar-refractivity contribution in [2.45, 2.75) is 38.9 Å². The standard InChI is InChI=1S/C36H50N2O9Si/c1-36(2,3)48(10,11)47-17-16-37-12-14-38(15-13-37)34(39)26-18-23-19-27(41-4)28(42-5)22-25(23)31(32(26)35(40)46-9)24-20-29(43-6)33(45-8)30(21-24)44-7/h18-22H,12-17H2,1-11H3. The fraction of sp³-hybridized carbons (Fsp3) is 0.500. The molecule has 12 heteroatoms. The minimum atomic E-state index is -1.85. The molecular weight excluding hydrogens is 632 g/mol. The Kier molecular flexibility index (Phi) is 11.5. The molecule has 0 spiro atoms. The van der Waals surface area contributed by atoms with E-state index in [1.807, 2.05) is 0 Å². The summed E-state index contributed by atoms with van der Waals surface area (Å²) in [5.74, 6) is 1.20. The van der Waals surface area contributed by atoms with E-state index in [4.69, 9.17) is 32.8 Å². The number of amides is 1. The van der Waals surface area contributed by atoms with Crippen LogP contribution in [0, 0.1) is 0 Å². The first-order valence-corrected chi connectivity index (χ1v) is 18.9. The first kappa shape index (κ1) is 36.8. The van der Waals surface area contributed by atoms with Gasteiger partial charge in [-0.1, -0.05) is 20.8 Å². The highest BCUT2D eigenvalue weighted by atomic mass is 28.4. The van der Waals surface area contributed by atoms with Gasteiger partial charge in [-0.25, -0.2) is 4.79 Å². The van der Waals surface area contributed by atoms with E-state index in [1.165, 1.54) is 28.4 Å². The van der Waals surface area contributed by atoms with Crippen LogP contribution in [0.4, 0.5) is 0 Å². The summed E-state index contributed by atoms with van der Waals surface area (Å²) < 4.78 is 39.8. The number of ether oxygens (including phenoxy) is 6. The normalized spacial score (nSPS) is 14.1. The molecule has 1 heterocycles. The van der Waals surface area contributed by atoms with Crippen LogP contribution in [-0.4, -0.2) is 112 Å². The van der Waals surface area contributed by atoms with Gasteiger partial charge in [0, 0.05) is 44.9 Å². The second kappa shape index (κ2) is 15.0. The molecule has 11 nitrogen and oxygen atoms in total. The zero-order chi connectivity index (χ0) is 35.4. The van der Waals surface area contributed by atoms with Gasteiger partial charge in [-0.3, -0.25) is 9.69 Å². The fourth-order valence-electron chi connectivity index (χ4n) is 5.73. The van der Waals surface area contributed by atoms with E-state index in [9.17, 15) is 9.59 Å². The largest absolute Gasteiger partial charge is 0.493 e. The highest BCUT2D eigenvalue weighted by Crippen LogP contribution is 2.46. The Morgan fingerprint density at radius 3 is 1.81 bits per heavy atom. The van der Waals surface area contributed by atoms with E-state index in [-0.39, 0.29) is 22.1 Å². The SMILES string of the molecule is COC(=O)c1c(C(=O)N2CCN(CCO[Si](C)(C)C(C)(C)C)CC2)cc2cc(OC)c(OC)cc2c1-c1cc(OC)c(OC)c(OC)c1. The lowest BCUT2D eigenvalue weighted by atomic mass is 9.88. The molecule has 0 bridgehead atoms. The molecular formula is C36H50N2O9Si. The molecule has 1 fully saturated rings. The molecule has 48 heavy (non-hydrogen) atoms. The smallest absolute Gasteiger partial charge is 0.339 e. The summed E-state index contributed by atoms with van der Waals surface area (Å²) in [7, 11) is 7.11. The Hall–Kier alpha value is -4.00. The van der Waals surface area contributed by atoms with Gasteiger partial charge in [0.1, 0.15) is 0 Å². The van der Waals surface area contributed by atoms with Crippen molar-refractivity contribution in [2.24, 2.45) is 0 Å². The van der Waals surface area contributed by atoms with Crippen molar-refractivity contribution in [1.29, 1.82) is 0 Å². The number of carbonyl (C=O) groups excluding carboxylic acids is 2. The zero-order valence-corrected chi connectivity index (χ0v) is 31.2. The molecule has 262 valence electrons. The lowest BCUT2D eigenvalue weighted by Crippen LogP contribution is -2.50. The number of nitrogens with zero attached hydrogens (tertiary/aromatic N) is 2. The van der Waals surface area contributed by atoms with E-state index in [0.717, 1.165) is 6.54 Å². The summed E-state index contributed by atoms with van der Waals surface area (Å²) in [6.45, 7) is 15.1. The zero-order valence-electron chi connectivity index (χ0n) is 30.2. The van der Waals surface area contributed by atoms with Gasteiger partial charge in [0.2, 0.25) is 5.75 Å². The number of hydrogen-bond acceptors (Lipinski definition) is 10. The molecule has 0 aliphatic carbocycles. The maximum absolute atomic E-state index is 14.4. The number of carbonyl (C=O) groups is 2. The molecule has 3 aromatic rings. The van der Waals surface area contributed by atoms with Crippen molar-refractivity contribution in [3.63, 3.8) is 0 Å². The first-order chi connectivity index (χ1) is 22.7. The van der Waals surface area contributed by atoms with Crippen LogP contribution < -0.4 is 23.7 Å². The maximum Gasteiger partial charge on any atom is 0.339 e. The van der Waals surface area contributed by atoms with Gasteiger partial charge in [0.15, 0.2) is 31.3 Å². The average Bonchev–Trinajstić information content (AvgIpc) is 3.08. The molecule has 0 N–H and O–H groups in total. The highest BCUT2D eigenvalue weighted by molar-refractivity contribution is 6.74. The lowest BCUT2D eigenvalue weighted by Gasteiger charge is -2.38. The van der Waals surface area contributed by atoms with Crippen molar-refractivity contribution in [2.75, 3.05) is 82.0 Å². The van der Waals surface area contributed by atoms with Crippen molar-refractivity contribution in [1.82, 2.24) is 9.80 Å². The van der Waals surface area contributed by atoms with Crippen molar-refractivity contribution < 1.29 is 42.4 Å². The second-order valence-electron chi connectivity index (χ2n) is 13.3. The van der Waals surface area contributed by atoms with Gasteiger partial charge in [-0.2, -0.15) is 0 Å². The van der Waals surface area contributed by atoms with Gasteiger partial charge >= 0.3 is 5.97 Å². The number of hydrogen-bond donors (Lipinski definition) is 0. The Bertz CT molecular complexity index is 1620. The Morgan fingerprint density at radius 2 is 1.31 bits per heavy atom. The van der Waals surface area contributed by atoms with Crippen molar-refractivity contribution in [3.05, 3.63) is 41.5 Å². The third-order valence-electron chi connectivity index (χ3n) is 9.55. The van der Waals surface area contributed by atoms with E-state index in [0.29, 0.717) is 83.4 Å². The summed E-state index contributed by atoms with van der Waals surface area (Å²) in [6, 6.07) is 8.81. The summed E-state index contributed by atoms with van der Waals surface area (Å²) in [5.41, 5.74) is 1.37. The second-order valence-corrected chi connectivity index (χ2v) is 18.1. The number of esters is 1. The number of benzene rings is 3. The molecule has 1 aliphatic rings. The number of methoxy groups -OCH3 is 6. The van der Waals surface area contributed by atoms with Crippen LogP contribution in [-0.2, 0) is 9.16 Å². The van der Waals surface area contributed by atoms with Crippen LogP contribution in [0.3, 0.4) is 0 Å². The molecule has 1 aliphatic heterocycles. The molecule has 0 saturated carbocycles. The molecule has 0 aromatic heterocycles. The first-order valence-electron chi connectivity index (χ1n) is 16.0. The van der Waals surface area contributed by atoms with E-state index < -0.39 is 14.3 Å². The number of fused-ring (bicyclic) bond motifs is 1. The van der Waals surface area contributed by atoms with Gasteiger partial charge in [0.05, 0.1) is 53.8 Å². The summed E-state index contributed by atoms with van der Waals surface area (Å²) in [5, 5.41) is 1.46. The van der Waals surface area contributed by atoms with Crippen LogP contribution in [0.25, 0.3) is 21.9 Å². The summed E-state index contributed by atoms with van der Waals surface area (Å²) in [6.07, 6.45) is 0. The molecule has 1 amide bonds. The lowest BCUT2D eigenvalue weighted by molar-refractivity contribution is 0.0568. The van der Waals surface area contributed by atoms with Gasteiger partial charge in [-0.15, -0.1) is 0 Å². The van der Waals surface area contributed by atoms with Crippen LogP contribution in [0.5, 0.6) is 28.7 Å². The minimum Gasteiger partial charge on any atom is -0.493 e. The molecule has 0 atom stereocenters. The van der Waals surface area contributed by atoms with E-state index in [1.54, 1.807) is 49.5 Å². The molecule has 1 saturated heterocycles. The van der Waals surface area contributed by atoms with E-state index in [2.05, 4.69) is 38.8 Å². The fourth-order valence-corrected chi connectivity index (χ4v) is 6.76. The Labute approximate surface area is 285 Å². The van der Waals surface area contributed by atoms with E-state index >= 15 is 0 Å². The van der Waals surface area contributed by atoms with Crippen LogP contribution in [0.1, 0.15) is 41.5 Å². The van der Waals surface area contributed by atoms with Crippen molar-refractivity contribution in [3.8, 4) is 39.9 Å². The Balaban J connectivity index is 1.80. The highest BCUT2D eigenvalue weighted by Gasteiger charge is 2.37. The summed E-state index contributed by atoms with van der Waals surface area (Å²) >= 11 is 0. The van der Waals surface area contributed by atoms with Gasteiger partial charge in [0.25, 0.3) is 5.91 Å². The quantitative estimate of drug-likeness (QED) is 0.164. The monoisotopic (exact) mass is 682 g/mol. The molecule has 3 aromatic carbocycles. The molecule has 0 radical (unpaired) electrons. The van der Waals surface area contributed by atoms with Crippen LogP contribution in [0.15, 0.2) is 30.3 Å². The van der Waals surface area contributed by atoms with Crippen molar-refractivity contribution >= 4 is 31.0 Å². The van der Waals surface area contributed by atoms with Gasteiger partial charge < -0.3 is 37.7 Å². The molecule has 0 unspecified atom stereocenters. The predicted molar refractivity (Wildman–Crippen MR) is 189 cm³/mol. The van der Waals surface area contributed by atoms with Gasteiger partial charge in [-0.05, 0) is 64.8 Å².